The molecule has 5 nitrogen and oxygen atoms in total. The van der Waals surface area contributed by atoms with Crippen LogP contribution in [-0.2, 0) is 4.79 Å². The van der Waals surface area contributed by atoms with Gasteiger partial charge in [0.25, 0.3) is 5.91 Å². The average molecular weight is 295 g/mol. The van der Waals surface area contributed by atoms with Crippen molar-refractivity contribution in [2.75, 3.05) is 7.11 Å². The monoisotopic (exact) mass is 295 g/mol. The Bertz CT molecular complexity index is 553. The maximum atomic E-state index is 13.9. The van der Waals surface area contributed by atoms with Crippen LogP contribution in [0.25, 0.3) is 0 Å². The van der Waals surface area contributed by atoms with Crippen LogP contribution in [0.5, 0.6) is 5.75 Å². The van der Waals surface area contributed by atoms with E-state index >= 15 is 0 Å². The van der Waals surface area contributed by atoms with E-state index in [4.69, 9.17) is 9.84 Å². The first kappa shape index (κ1) is 15.3. The molecular formula is C15H18FNO4. The molecule has 1 fully saturated rings. The molecule has 6 heteroatoms. The predicted octanol–water partition coefficient (Wildman–Crippen LogP) is 2.35. The molecular weight excluding hydrogens is 277 g/mol. The Morgan fingerprint density at radius 3 is 2.62 bits per heavy atom. The van der Waals surface area contributed by atoms with Crippen molar-refractivity contribution < 1.29 is 23.8 Å². The number of halogens is 1. The zero-order chi connectivity index (χ0) is 15.5. The van der Waals surface area contributed by atoms with E-state index in [9.17, 15) is 14.0 Å². The first-order valence-electron chi connectivity index (χ1n) is 6.84. The molecule has 0 heterocycles. The second-order valence-corrected chi connectivity index (χ2v) is 5.33. The summed E-state index contributed by atoms with van der Waals surface area (Å²) in [5.74, 6) is -2.16. The minimum absolute atomic E-state index is 0.135. The van der Waals surface area contributed by atoms with E-state index in [1.54, 1.807) is 0 Å². The van der Waals surface area contributed by atoms with Gasteiger partial charge in [0, 0.05) is 0 Å². The maximum absolute atomic E-state index is 13.9. The molecule has 1 saturated carbocycles. The quantitative estimate of drug-likeness (QED) is 0.874. The number of ether oxygens (including phenoxy) is 1. The van der Waals surface area contributed by atoms with Crippen molar-refractivity contribution in [2.24, 2.45) is 0 Å². The Kier molecular flexibility index (Phi) is 4.45. The van der Waals surface area contributed by atoms with Crippen LogP contribution in [0.1, 0.15) is 42.5 Å². The first-order valence-corrected chi connectivity index (χ1v) is 6.84. The number of amides is 1. The number of carboxylic acids is 1. The molecule has 0 spiro atoms. The van der Waals surface area contributed by atoms with Crippen LogP contribution < -0.4 is 10.1 Å². The van der Waals surface area contributed by atoms with E-state index in [1.807, 2.05) is 0 Å². The number of methoxy groups -OCH3 is 1. The third-order valence-electron chi connectivity index (χ3n) is 3.85. The zero-order valence-corrected chi connectivity index (χ0v) is 11.8. The minimum atomic E-state index is -0.974. The predicted molar refractivity (Wildman–Crippen MR) is 73.9 cm³/mol. The van der Waals surface area contributed by atoms with E-state index < -0.39 is 23.2 Å². The molecule has 1 aromatic rings. The molecule has 1 amide bonds. The molecule has 114 valence electrons. The van der Waals surface area contributed by atoms with Gasteiger partial charge in [-0.2, -0.15) is 0 Å². The number of hydrogen-bond donors (Lipinski definition) is 2. The molecule has 2 rings (SSSR count). The highest BCUT2D eigenvalue weighted by atomic mass is 19.1. The average Bonchev–Trinajstić information content (AvgIpc) is 2.85. The number of carbonyl (C=O) groups is 2. The SMILES string of the molecule is COc1cccc(F)c1C(=O)NC1(CC(=O)O)CCCC1. The summed E-state index contributed by atoms with van der Waals surface area (Å²) < 4.78 is 18.9. The second kappa shape index (κ2) is 6.11. The summed E-state index contributed by atoms with van der Waals surface area (Å²) in [5.41, 5.74) is -0.979. The summed E-state index contributed by atoms with van der Waals surface area (Å²) in [4.78, 5) is 23.4. The van der Waals surface area contributed by atoms with Crippen molar-refractivity contribution in [3.8, 4) is 5.75 Å². The van der Waals surface area contributed by atoms with Gasteiger partial charge in [-0.25, -0.2) is 4.39 Å². The van der Waals surface area contributed by atoms with Gasteiger partial charge in [-0.3, -0.25) is 9.59 Å². The van der Waals surface area contributed by atoms with Gasteiger partial charge in [-0.15, -0.1) is 0 Å². The number of nitrogens with one attached hydrogen (secondary N) is 1. The van der Waals surface area contributed by atoms with Crippen LogP contribution in [0.4, 0.5) is 4.39 Å². The van der Waals surface area contributed by atoms with E-state index in [2.05, 4.69) is 5.32 Å². The molecule has 0 unspecified atom stereocenters. The van der Waals surface area contributed by atoms with E-state index in [0.717, 1.165) is 12.8 Å². The summed E-state index contributed by atoms with van der Waals surface area (Å²) in [7, 11) is 1.36. The van der Waals surface area contributed by atoms with Crippen LogP contribution >= 0.6 is 0 Å². The van der Waals surface area contributed by atoms with Crippen molar-refractivity contribution in [3.05, 3.63) is 29.6 Å². The molecule has 21 heavy (non-hydrogen) atoms. The van der Waals surface area contributed by atoms with Crippen LogP contribution in [0.3, 0.4) is 0 Å². The molecule has 0 atom stereocenters. The lowest BCUT2D eigenvalue weighted by molar-refractivity contribution is -0.138. The molecule has 0 bridgehead atoms. The maximum Gasteiger partial charge on any atom is 0.305 e. The molecule has 0 aromatic heterocycles. The fourth-order valence-corrected chi connectivity index (χ4v) is 2.89. The van der Waals surface area contributed by atoms with Crippen LogP contribution in [0.2, 0.25) is 0 Å². The fraction of sp³-hybridized carbons (Fsp3) is 0.467. The standard InChI is InChI=1S/C15H18FNO4/c1-21-11-6-4-5-10(16)13(11)14(20)17-15(9-12(18)19)7-2-3-8-15/h4-6H,2-3,7-9H2,1H3,(H,17,20)(H,18,19). The van der Waals surface area contributed by atoms with Crippen LogP contribution in [-0.4, -0.2) is 29.6 Å². The Morgan fingerprint density at radius 1 is 1.38 bits per heavy atom. The largest absolute Gasteiger partial charge is 0.496 e. The Labute approximate surface area is 122 Å². The van der Waals surface area contributed by atoms with Gasteiger partial charge in [-0.1, -0.05) is 18.9 Å². The summed E-state index contributed by atoms with van der Waals surface area (Å²) in [6, 6.07) is 4.12. The normalized spacial score (nSPS) is 16.5. The first-order chi connectivity index (χ1) is 9.97. The summed E-state index contributed by atoms with van der Waals surface area (Å²) in [6.45, 7) is 0. The number of hydrogen-bond acceptors (Lipinski definition) is 3. The Hall–Kier alpha value is -2.11. The molecule has 0 aliphatic heterocycles. The highest BCUT2D eigenvalue weighted by molar-refractivity contribution is 5.98. The van der Waals surface area contributed by atoms with Crippen LogP contribution in [0.15, 0.2) is 18.2 Å². The van der Waals surface area contributed by atoms with Gasteiger partial charge >= 0.3 is 5.97 Å². The molecule has 1 aliphatic carbocycles. The van der Waals surface area contributed by atoms with E-state index in [-0.39, 0.29) is 17.7 Å². The van der Waals surface area contributed by atoms with Gasteiger partial charge < -0.3 is 15.2 Å². The topological polar surface area (TPSA) is 75.6 Å². The Balaban J connectivity index is 2.26. The molecule has 1 aliphatic rings. The zero-order valence-electron chi connectivity index (χ0n) is 11.8. The number of carbonyl (C=O) groups excluding carboxylic acids is 1. The van der Waals surface area contributed by atoms with Gasteiger partial charge in [0.05, 0.1) is 19.1 Å². The van der Waals surface area contributed by atoms with Gasteiger partial charge in [0.1, 0.15) is 17.1 Å². The van der Waals surface area contributed by atoms with Crippen molar-refractivity contribution in [1.29, 1.82) is 0 Å². The lowest BCUT2D eigenvalue weighted by Gasteiger charge is -2.29. The lowest BCUT2D eigenvalue weighted by Crippen LogP contribution is -2.48. The minimum Gasteiger partial charge on any atom is -0.496 e. The lowest BCUT2D eigenvalue weighted by atomic mass is 9.92. The number of aliphatic carboxylic acids is 1. The van der Waals surface area contributed by atoms with Crippen LogP contribution in [0, 0.1) is 5.82 Å². The van der Waals surface area contributed by atoms with Gasteiger partial charge in [-0.05, 0) is 25.0 Å². The van der Waals surface area contributed by atoms with Crippen molar-refractivity contribution in [1.82, 2.24) is 5.32 Å². The summed E-state index contributed by atoms with van der Waals surface area (Å²) in [5, 5.41) is 11.7. The number of carboxylic acid groups (broad SMARTS) is 1. The number of rotatable bonds is 5. The van der Waals surface area contributed by atoms with E-state index in [1.165, 1.54) is 25.3 Å². The Morgan fingerprint density at radius 2 is 2.05 bits per heavy atom. The molecule has 1 aromatic carbocycles. The van der Waals surface area contributed by atoms with E-state index in [0.29, 0.717) is 12.8 Å². The van der Waals surface area contributed by atoms with Gasteiger partial charge in [0.2, 0.25) is 0 Å². The van der Waals surface area contributed by atoms with Crippen molar-refractivity contribution in [3.63, 3.8) is 0 Å². The third kappa shape index (κ3) is 3.32. The molecule has 2 N–H and O–H groups in total. The van der Waals surface area contributed by atoms with Crippen molar-refractivity contribution in [2.45, 2.75) is 37.6 Å². The highest BCUT2D eigenvalue weighted by Crippen LogP contribution is 2.33. The van der Waals surface area contributed by atoms with Crippen molar-refractivity contribution >= 4 is 11.9 Å². The highest BCUT2D eigenvalue weighted by Gasteiger charge is 2.38. The molecule has 0 saturated heterocycles. The number of benzene rings is 1. The smallest absolute Gasteiger partial charge is 0.305 e. The second-order valence-electron chi connectivity index (χ2n) is 5.33. The summed E-state index contributed by atoms with van der Waals surface area (Å²) in [6.07, 6.45) is 2.71. The van der Waals surface area contributed by atoms with Gasteiger partial charge in [0.15, 0.2) is 0 Å². The summed E-state index contributed by atoms with van der Waals surface area (Å²) >= 11 is 0. The fourth-order valence-electron chi connectivity index (χ4n) is 2.89. The third-order valence-corrected chi connectivity index (χ3v) is 3.85. The molecule has 0 radical (unpaired) electrons.